The van der Waals surface area contributed by atoms with E-state index in [1.165, 1.54) is 42.5 Å². The van der Waals surface area contributed by atoms with Gasteiger partial charge in [-0.2, -0.15) is 8.42 Å². The van der Waals surface area contributed by atoms with Crippen molar-refractivity contribution in [3.05, 3.63) is 101 Å². The number of hydrogen-bond donors (Lipinski definition) is 2. The van der Waals surface area contributed by atoms with Crippen molar-refractivity contribution >= 4 is 28.0 Å². The molecule has 0 atom stereocenters. The first-order valence-electron chi connectivity index (χ1n) is 9.24. The standard InChI is InChI=1S/C23H20N2O5S/c1-16-7-13-20(14-8-16)31(28,29)30-19-11-9-17(10-12-19)15-21(22(24)26)25-23(27)18-5-3-2-4-6-18/h2-15H,1H3,(H2,24,26)(H,25,27)/b21-15+. The van der Waals surface area contributed by atoms with Gasteiger partial charge in [0.15, 0.2) is 0 Å². The molecule has 2 amide bonds. The normalized spacial score (nSPS) is 11.6. The number of carbonyl (C=O) groups is 2. The topological polar surface area (TPSA) is 116 Å². The van der Waals surface area contributed by atoms with Gasteiger partial charge < -0.3 is 15.2 Å². The number of rotatable bonds is 7. The van der Waals surface area contributed by atoms with Crippen molar-refractivity contribution in [1.82, 2.24) is 5.32 Å². The van der Waals surface area contributed by atoms with Gasteiger partial charge in [0.1, 0.15) is 16.3 Å². The number of nitrogens with two attached hydrogens (primary N) is 1. The zero-order valence-corrected chi connectivity index (χ0v) is 17.4. The van der Waals surface area contributed by atoms with Crippen LogP contribution in [-0.4, -0.2) is 20.2 Å². The van der Waals surface area contributed by atoms with E-state index < -0.39 is 21.9 Å². The SMILES string of the molecule is Cc1ccc(S(=O)(=O)Oc2ccc(/C=C(/NC(=O)c3ccccc3)C(N)=O)cc2)cc1. The molecule has 0 aromatic heterocycles. The maximum absolute atomic E-state index is 12.4. The van der Waals surface area contributed by atoms with Crippen molar-refractivity contribution in [2.75, 3.05) is 0 Å². The fraction of sp³-hybridized carbons (Fsp3) is 0.0435. The van der Waals surface area contributed by atoms with Gasteiger partial charge in [0.2, 0.25) is 0 Å². The average Bonchev–Trinajstić information content (AvgIpc) is 2.75. The van der Waals surface area contributed by atoms with Crippen molar-refractivity contribution in [2.24, 2.45) is 5.73 Å². The molecule has 0 saturated heterocycles. The molecule has 0 fully saturated rings. The minimum Gasteiger partial charge on any atom is -0.379 e. The second-order valence-electron chi connectivity index (χ2n) is 6.66. The van der Waals surface area contributed by atoms with Crippen LogP contribution in [0.5, 0.6) is 5.75 Å². The Balaban J connectivity index is 1.75. The van der Waals surface area contributed by atoms with Crippen molar-refractivity contribution in [3.63, 3.8) is 0 Å². The molecule has 3 rings (SSSR count). The zero-order valence-electron chi connectivity index (χ0n) is 16.6. The Morgan fingerprint density at radius 1 is 0.903 bits per heavy atom. The highest BCUT2D eigenvalue weighted by Gasteiger charge is 2.16. The van der Waals surface area contributed by atoms with Gasteiger partial charge in [-0.25, -0.2) is 0 Å². The highest BCUT2D eigenvalue weighted by molar-refractivity contribution is 7.87. The van der Waals surface area contributed by atoms with E-state index in [2.05, 4.69) is 5.32 Å². The van der Waals surface area contributed by atoms with Crippen LogP contribution < -0.4 is 15.2 Å². The van der Waals surface area contributed by atoms with Gasteiger partial charge in [-0.1, -0.05) is 48.0 Å². The first kappa shape index (κ1) is 21.8. The number of hydrogen-bond acceptors (Lipinski definition) is 5. The molecule has 158 valence electrons. The van der Waals surface area contributed by atoms with Crippen LogP contribution in [0, 0.1) is 6.92 Å². The Labute approximate surface area is 180 Å². The summed E-state index contributed by atoms with van der Waals surface area (Å²) in [6, 6.07) is 20.6. The molecule has 0 heterocycles. The molecule has 0 aliphatic carbocycles. The lowest BCUT2D eigenvalue weighted by Gasteiger charge is -2.09. The molecule has 31 heavy (non-hydrogen) atoms. The monoisotopic (exact) mass is 436 g/mol. The summed E-state index contributed by atoms with van der Waals surface area (Å²) in [4.78, 5) is 24.1. The number of amides is 2. The first-order chi connectivity index (χ1) is 14.7. The van der Waals surface area contributed by atoms with Crippen LogP contribution in [0.4, 0.5) is 0 Å². The van der Waals surface area contributed by atoms with E-state index in [4.69, 9.17) is 9.92 Å². The molecule has 3 aromatic carbocycles. The van der Waals surface area contributed by atoms with Gasteiger partial charge in [0, 0.05) is 5.56 Å². The number of carbonyl (C=O) groups excluding carboxylic acids is 2. The molecule has 0 bridgehead atoms. The lowest BCUT2D eigenvalue weighted by atomic mass is 10.1. The van der Waals surface area contributed by atoms with E-state index in [1.807, 2.05) is 6.92 Å². The smallest absolute Gasteiger partial charge is 0.339 e. The molecular formula is C23H20N2O5S. The van der Waals surface area contributed by atoms with Crippen LogP contribution in [0.1, 0.15) is 21.5 Å². The minimum atomic E-state index is -3.97. The van der Waals surface area contributed by atoms with Crippen LogP contribution in [0.25, 0.3) is 6.08 Å². The summed E-state index contributed by atoms with van der Waals surface area (Å²) in [5, 5.41) is 2.48. The number of nitrogens with one attached hydrogen (secondary N) is 1. The summed E-state index contributed by atoms with van der Waals surface area (Å²) in [7, 11) is -3.97. The molecular weight excluding hydrogens is 416 g/mol. The van der Waals surface area contributed by atoms with Gasteiger partial charge in [-0.15, -0.1) is 0 Å². The fourth-order valence-corrected chi connectivity index (χ4v) is 3.55. The Kier molecular flexibility index (Phi) is 6.52. The lowest BCUT2D eigenvalue weighted by molar-refractivity contribution is -0.114. The highest BCUT2D eigenvalue weighted by Crippen LogP contribution is 2.20. The van der Waals surface area contributed by atoms with Crippen molar-refractivity contribution in [3.8, 4) is 5.75 Å². The van der Waals surface area contributed by atoms with Gasteiger partial charge in [0.25, 0.3) is 11.8 Å². The Morgan fingerprint density at radius 3 is 2.10 bits per heavy atom. The summed E-state index contributed by atoms with van der Waals surface area (Å²) < 4.78 is 29.9. The van der Waals surface area contributed by atoms with Gasteiger partial charge in [-0.3, -0.25) is 9.59 Å². The van der Waals surface area contributed by atoms with Crippen molar-refractivity contribution in [1.29, 1.82) is 0 Å². The molecule has 0 aliphatic heterocycles. The molecule has 3 N–H and O–H groups in total. The predicted molar refractivity (Wildman–Crippen MR) is 117 cm³/mol. The lowest BCUT2D eigenvalue weighted by Crippen LogP contribution is -2.31. The quantitative estimate of drug-likeness (QED) is 0.436. The van der Waals surface area contributed by atoms with Crippen LogP contribution in [0.2, 0.25) is 0 Å². The fourth-order valence-electron chi connectivity index (χ4n) is 2.62. The number of primary amides is 1. The first-order valence-corrected chi connectivity index (χ1v) is 10.6. The molecule has 0 unspecified atom stereocenters. The second kappa shape index (κ2) is 9.27. The largest absolute Gasteiger partial charge is 0.379 e. The van der Waals surface area contributed by atoms with E-state index in [1.54, 1.807) is 42.5 Å². The predicted octanol–water partition coefficient (Wildman–Crippen LogP) is 3.02. The maximum Gasteiger partial charge on any atom is 0.339 e. The molecule has 8 heteroatoms. The third kappa shape index (κ3) is 5.80. The summed E-state index contributed by atoms with van der Waals surface area (Å²) in [5.74, 6) is -1.19. The second-order valence-corrected chi connectivity index (χ2v) is 8.21. The van der Waals surface area contributed by atoms with E-state index in [0.29, 0.717) is 11.1 Å². The number of benzene rings is 3. The van der Waals surface area contributed by atoms with Gasteiger partial charge >= 0.3 is 10.1 Å². The van der Waals surface area contributed by atoms with E-state index in [9.17, 15) is 18.0 Å². The molecule has 0 saturated carbocycles. The van der Waals surface area contributed by atoms with Crippen LogP contribution in [-0.2, 0) is 14.9 Å². The Morgan fingerprint density at radius 2 is 1.52 bits per heavy atom. The highest BCUT2D eigenvalue weighted by atomic mass is 32.2. The third-order valence-electron chi connectivity index (χ3n) is 4.26. The average molecular weight is 436 g/mol. The third-order valence-corrected chi connectivity index (χ3v) is 5.52. The summed E-state index contributed by atoms with van der Waals surface area (Å²) >= 11 is 0. The summed E-state index contributed by atoms with van der Waals surface area (Å²) in [6.45, 7) is 1.85. The summed E-state index contributed by atoms with van der Waals surface area (Å²) in [6.07, 6.45) is 1.39. The molecule has 0 spiro atoms. The Bertz CT molecular complexity index is 1220. The number of aryl methyl sites for hydroxylation is 1. The minimum absolute atomic E-state index is 0.0433. The molecule has 7 nitrogen and oxygen atoms in total. The van der Waals surface area contributed by atoms with Gasteiger partial charge in [-0.05, 0) is 55.0 Å². The maximum atomic E-state index is 12.4. The van der Waals surface area contributed by atoms with E-state index in [-0.39, 0.29) is 16.3 Å². The molecule has 0 aliphatic rings. The Hall–Kier alpha value is -3.91. The van der Waals surface area contributed by atoms with E-state index >= 15 is 0 Å². The van der Waals surface area contributed by atoms with E-state index in [0.717, 1.165) is 5.56 Å². The van der Waals surface area contributed by atoms with Crippen LogP contribution in [0.15, 0.2) is 89.5 Å². The zero-order chi connectivity index (χ0) is 22.4. The van der Waals surface area contributed by atoms with Crippen LogP contribution >= 0.6 is 0 Å². The van der Waals surface area contributed by atoms with Crippen molar-refractivity contribution < 1.29 is 22.2 Å². The van der Waals surface area contributed by atoms with Crippen molar-refractivity contribution in [2.45, 2.75) is 11.8 Å². The van der Waals surface area contributed by atoms with Gasteiger partial charge in [0.05, 0.1) is 0 Å². The molecule has 0 radical (unpaired) electrons. The molecule has 3 aromatic rings. The summed E-state index contributed by atoms with van der Waals surface area (Å²) in [5.41, 5.74) is 7.09. The van der Waals surface area contributed by atoms with Crippen LogP contribution in [0.3, 0.4) is 0 Å².